The normalized spacial score (nSPS) is 12.0. The van der Waals surface area contributed by atoms with Gasteiger partial charge in [-0.2, -0.15) is 0 Å². The van der Waals surface area contributed by atoms with Gasteiger partial charge in [-0.25, -0.2) is 14.6 Å². The summed E-state index contributed by atoms with van der Waals surface area (Å²) in [7, 11) is 0. The quantitative estimate of drug-likeness (QED) is 0.315. The van der Waals surface area contributed by atoms with Crippen molar-refractivity contribution >= 4 is 29.3 Å². The fourth-order valence-corrected chi connectivity index (χ4v) is 4.13. The Labute approximate surface area is 198 Å². The third-order valence-corrected chi connectivity index (χ3v) is 5.96. The number of nitrogens with one attached hydrogen (secondary N) is 1. The third-order valence-electron chi connectivity index (χ3n) is 4.82. The number of amides is 1. The summed E-state index contributed by atoms with van der Waals surface area (Å²) in [6.07, 6.45) is 3.34. The highest BCUT2D eigenvalue weighted by molar-refractivity contribution is 7.98. The van der Waals surface area contributed by atoms with Crippen LogP contribution >= 0.6 is 23.4 Å². The predicted molar refractivity (Wildman–Crippen MR) is 122 cm³/mol. The highest BCUT2D eigenvalue weighted by Crippen LogP contribution is 2.32. The molecule has 1 aliphatic rings. The van der Waals surface area contributed by atoms with E-state index in [2.05, 4.69) is 25.6 Å². The molecule has 5 rings (SSSR count). The van der Waals surface area contributed by atoms with Crippen LogP contribution < -0.4 is 14.8 Å². The van der Waals surface area contributed by atoms with Crippen molar-refractivity contribution in [2.75, 3.05) is 6.79 Å². The average Bonchev–Trinajstić information content (AvgIpc) is 3.49. The summed E-state index contributed by atoms with van der Waals surface area (Å²) >= 11 is 7.41. The minimum absolute atomic E-state index is 0.200. The number of hydrogen-bond acceptors (Lipinski definition) is 8. The van der Waals surface area contributed by atoms with Crippen LogP contribution in [0.4, 0.5) is 0 Å². The number of aromatic nitrogens is 5. The Morgan fingerprint density at radius 2 is 1.88 bits per heavy atom. The molecule has 166 valence electrons. The van der Waals surface area contributed by atoms with Crippen molar-refractivity contribution in [3.05, 3.63) is 82.9 Å². The Morgan fingerprint density at radius 1 is 1.09 bits per heavy atom. The molecule has 0 spiro atoms. The third kappa shape index (κ3) is 4.76. The van der Waals surface area contributed by atoms with E-state index in [0.29, 0.717) is 39.7 Å². The Bertz CT molecular complexity index is 1280. The van der Waals surface area contributed by atoms with E-state index < -0.39 is 0 Å². The maximum Gasteiger partial charge on any atom is 0.274 e. The second-order valence-electron chi connectivity index (χ2n) is 6.96. The molecule has 4 aromatic rings. The predicted octanol–water partition coefficient (Wildman–Crippen LogP) is 3.66. The molecule has 0 aliphatic carbocycles. The van der Waals surface area contributed by atoms with Gasteiger partial charge in [0.1, 0.15) is 0 Å². The van der Waals surface area contributed by atoms with E-state index in [-0.39, 0.29) is 18.4 Å². The molecule has 33 heavy (non-hydrogen) atoms. The molecule has 0 saturated heterocycles. The number of carbonyl (C=O) groups excluding carboxylic acids is 1. The van der Waals surface area contributed by atoms with E-state index in [1.807, 2.05) is 30.3 Å². The van der Waals surface area contributed by atoms with Gasteiger partial charge in [-0.05, 0) is 48.0 Å². The van der Waals surface area contributed by atoms with Crippen LogP contribution in [0, 0.1) is 0 Å². The molecule has 0 bridgehead atoms. The molecule has 1 aliphatic heterocycles. The number of thioether (sulfide) groups is 1. The summed E-state index contributed by atoms with van der Waals surface area (Å²) in [5.41, 5.74) is 2.48. The molecule has 2 aromatic heterocycles. The highest BCUT2D eigenvalue weighted by Gasteiger charge is 2.22. The number of fused-ring (bicyclic) bond motifs is 1. The first-order chi connectivity index (χ1) is 16.2. The zero-order valence-corrected chi connectivity index (χ0v) is 18.7. The first-order valence-corrected chi connectivity index (χ1v) is 11.3. The molecule has 3 heterocycles. The highest BCUT2D eigenvalue weighted by atomic mass is 35.5. The van der Waals surface area contributed by atoms with Crippen LogP contribution in [0.25, 0.3) is 5.69 Å². The standard InChI is InChI=1S/C22H17ClN6O3S/c23-15-3-5-16(6-4-15)29-17(12-33-22-24-8-1-9-25-22)20(27-28-29)21(30)26-11-14-2-7-18-19(10-14)32-13-31-18/h1-10H,11-13H2,(H,26,30). The summed E-state index contributed by atoms with van der Waals surface area (Å²) in [5, 5.41) is 12.5. The zero-order chi connectivity index (χ0) is 22.6. The van der Waals surface area contributed by atoms with Gasteiger partial charge in [-0.3, -0.25) is 4.79 Å². The van der Waals surface area contributed by atoms with Crippen LogP contribution in [0.15, 0.2) is 66.1 Å². The van der Waals surface area contributed by atoms with Crippen molar-refractivity contribution in [3.8, 4) is 17.2 Å². The van der Waals surface area contributed by atoms with E-state index >= 15 is 0 Å². The minimum atomic E-state index is -0.336. The molecule has 0 fully saturated rings. The van der Waals surface area contributed by atoms with Gasteiger partial charge in [0.25, 0.3) is 5.91 Å². The van der Waals surface area contributed by atoms with Crippen molar-refractivity contribution in [2.24, 2.45) is 0 Å². The van der Waals surface area contributed by atoms with E-state index in [0.717, 1.165) is 11.3 Å². The van der Waals surface area contributed by atoms with Gasteiger partial charge in [-0.1, -0.05) is 34.6 Å². The smallest absolute Gasteiger partial charge is 0.274 e. The van der Waals surface area contributed by atoms with E-state index in [1.165, 1.54) is 11.8 Å². The van der Waals surface area contributed by atoms with Gasteiger partial charge >= 0.3 is 0 Å². The molecule has 0 radical (unpaired) electrons. The molecule has 0 atom stereocenters. The Morgan fingerprint density at radius 3 is 2.70 bits per heavy atom. The van der Waals surface area contributed by atoms with Gasteiger partial charge in [0, 0.05) is 29.7 Å². The van der Waals surface area contributed by atoms with E-state index in [4.69, 9.17) is 21.1 Å². The molecular formula is C22H17ClN6O3S. The first kappa shape index (κ1) is 21.2. The molecular weight excluding hydrogens is 464 g/mol. The number of ether oxygens (including phenoxy) is 2. The maximum atomic E-state index is 13.0. The SMILES string of the molecule is O=C(NCc1ccc2c(c1)OCO2)c1nnn(-c2ccc(Cl)cc2)c1CSc1ncccn1. The largest absolute Gasteiger partial charge is 0.454 e. The van der Waals surface area contributed by atoms with Gasteiger partial charge in [-0.15, -0.1) is 5.10 Å². The van der Waals surface area contributed by atoms with Gasteiger partial charge < -0.3 is 14.8 Å². The van der Waals surface area contributed by atoms with Crippen LogP contribution in [0.5, 0.6) is 11.5 Å². The lowest BCUT2D eigenvalue weighted by atomic mass is 10.2. The number of carbonyl (C=O) groups is 1. The fraction of sp³-hybridized carbons (Fsp3) is 0.136. The van der Waals surface area contributed by atoms with Gasteiger partial charge in [0.2, 0.25) is 6.79 Å². The van der Waals surface area contributed by atoms with Crippen molar-refractivity contribution in [2.45, 2.75) is 17.5 Å². The van der Waals surface area contributed by atoms with E-state index in [1.54, 1.807) is 35.3 Å². The number of hydrogen-bond donors (Lipinski definition) is 1. The maximum absolute atomic E-state index is 13.0. The molecule has 1 N–H and O–H groups in total. The molecule has 1 amide bonds. The second kappa shape index (κ2) is 9.47. The first-order valence-electron chi connectivity index (χ1n) is 9.94. The molecule has 2 aromatic carbocycles. The zero-order valence-electron chi connectivity index (χ0n) is 17.1. The van der Waals surface area contributed by atoms with E-state index in [9.17, 15) is 4.79 Å². The monoisotopic (exact) mass is 480 g/mol. The Balaban J connectivity index is 1.38. The summed E-state index contributed by atoms with van der Waals surface area (Å²) in [6.45, 7) is 0.503. The summed E-state index contributed by atoms with van der Waals surface area (Å²) < 4.78 is 12.4. The van der Waals surface area contributed by atoms with Gasteiger partial charge in [0.05, 0.1) is 11.4 Å². The van der Waals surface area contributed by atoms with Crippen LogP contribution in [0.2, 0.25) is 5.02 Å². The molecule has 0 saturated carbocycles. The number of halogens is 1. The lowest BCUT2D eigenvalue weighted by molar-refractivity contribution is 0.0945. The lowest BCUT2D eigenvalue weighted by Gasteiger charge is -2.09. The summed E-state index contributed by atoms with van der Waals surface area (Å²) in [4.78, 5) is 21.5. The molecule has 11 heteroatoms. The average molecular weight is 481 g/mol. The topological polar surface area (TPSA) is 104 Å². The second-order valence-corrected chi connectivity index (χ2v) is 8.34. The summed E-state index contributed by atoms with van der Waals surface area (Å²) in [6, 6.07) is 14.4. The minimum Gasteiger partial charge on any atom is -0.454 e. The van der Waals surface area contributed by atoms with Crippen LogP contribution in [0.1, 0.15) is 21.7 Å². The van der Waals surface area contributed by atoms with Crippen LogP contribution in [-0.2, 0) is 12.3 Å². The van der Waals surface area contributed by atoms with Crippen molar-refractivity contribution < 1.29 is 14.3 Å². The van der Waals surface area contributed by atoms with Crippen molar-refractivity contribution in [1.82, 2.24) is 30.3 Å². The van der Waals surface area contributed by atoms with Crippen molar-refractivity contribution in [1.29, 1.82) is 0 Å². The number of rotatable bonds is 7. The lowest BCUT2D eigenvalue weighted by Crippen LogP contribution is -2.24. The van der Waals surface area contributed by atoms with Crippen LogP contribution in [-0.4, -0.2) is 37.7 Å². The summed E-state index contributed by atoms with van der Waals surface area (Å²) in [5.74, 6) is 1.41. The number of benzene rings is 2. The van der Waals surface area contributed by atoms with Crippen molar-refractivity contribution in [3.63, 3.8) is 0 Å². The van der Waals surface area contributed by atoms with Crippen LogP contribution in [0.3, 0.4) is 0 Å². The molecule has 0 unspecified atom stereocenters. The van der Waals surface area contributed by atoms with Gasteiger partial charge in [0.15, 0.2) is 22.3 Å². The Hall–Kier alpha value is -3.63. The fourth-order valence-electron chi connectivity index (χ4n) is 3.21. The Kier molecular flexibility index (Phi) is 6.09. The number of nitrogens with zero attached hydrogens (tertiary/aromatic N) is 5. The molecule has 9 nitrogen and oxygen atoms in total.